The van der Waals surface area contributed by atoms with Crippen LogP contribution < -0.4 is 0 Å². The van der Waals surface area contributed by atoms with E-state index >= 15 is 0 Å². The largest absolute Gasteiger partial charge is 0.361 e. The van der Waals surface area contributed by atoms with Crippen LogP contribution >= 0.6 is 0 Å². The average Bonchev–Trinajstić information content (AvgIpc) is 3.02. The van der Waals surface area contributed by atoms with E-state index in [-0.39, 0.29) is 17.1 Å². The Kier molecular flexibility index (Phi) is 4.89. The first-order valence-corrected chi connectivity index (χ1v) is 8.78. The predicted octanol–water partition coefficient (Wildman–Crippen LogP) is 5.97. The summed E-state index contributed by atoms with van der Waals surface area (Å²) in [6.45, 7) is 5.97. The molecule has 0 saturated heterocycles. The highest BCUT2D eigenvalue weighted by Crippen LogP contribution is 2.32. The second-order valence-electron chi connectivity index (χ2n) is 7.54. The quantitative estimate of drug-likeness (QED) is 0.614. The number of carbonyl (C=O) groups is 1. The van der Waals surface area contributed by atoms with Crippen LogP contribution in [0.25, 0.3) is 17.0 Å². The highest BCUT2D eigenvalue weighted by molar-refractivity contribution is 5.88. The lowest BCUT2D eigenvalue weighted by Gasteiger charge is -2.20. The minimum Gasteiger partial charge on any atom is -0.361 e. The van der Waals surface area contributed by atoms with Crippen LogP contribution in [-0.4, -0.2) is 10.8 Å². The number of carbonyl (C=O) groups excluding carboxylic acids is 1. The van der Waals surface area contributed by atoms with Gasteiger partial charge in [0.2, 0.25) is 0 Å². The van der Waals surface area contributed by atoms with Crippen molar-refractivity contribution in [3.8, 4) is 0 Å². The molecule has 1 N–H and O–H groups in total. The third-order valence-electron chi connectivity index (χ3n) is 4.58. The second kappa shape index (κ2) is 7.10. The van der Waals surface area contributed by atoms with Crippen molar-refractivity contribution in [3.63, 3.8) is 0 Å². The lowest BCUT2D eigenvalue weighted by molar-refractivity contribution is -0.126. The third-order valence-corrected chi connectivity index (χ3v) is 4.58. The van der Waals surface area contributed by atoms with Gasteiger partial charge in [-0.15, -0.1) is 0 Å². The monoisotopic (exact) mass is 331 g/mol. The number of para-hydroxylation sites is 1. The zero-order valence-corrected chi connectivity index (χ0v) is 15.1. The maximum absolute atomic E-state index is 12.7. The van der Waals surface area contributed by atoms with Gasteiger partial charge in [0.1, 0.15) is 5.78 Å². The zero-order chi connectivity index (χ0) is 17.9. The van der Waals surface area contributed by atoms with E-state index in [0.717, 1.165) is 11.1 Å². The summed E-state index contributed by atoms with van der Waals surface area (Å²) in [4.78, 5) is 16.0. The zero-order valence-electron chi connectivity index (χ0n) is 15.1. The molecule has 3 rings (SSSR count). The van der Waals surface area contributed by atoms with Crippen LogP contribution in [0.3, 0.4) is 0 Å². The summed E-state index contributed by atoms with van der Waals surface area (Å²) in [5.41, 5.74) is 3.11. The van der Waals surface area contributed by atoms with E-state index in [1.807, 2.05) is 57.3 Å². The number of Topliss-reactive ketones (excluding diaryl/α,β-unsaturated/α-hetero) is 1. The average molecular weight is 331 g/mol. The Hall–Kier alpha value is -2.61. The third kappa shape index (κ3) is 4.08. The first-order chi connectivity index (χ1) is 11.9. The van der Waals surface area contributed by atoms with E-state index < -0.39 is 0 Å². The number of rotatable bonds is 5. The van der Waals surface area contributed by atoms with Crippen molar-refractivity contribution in [2.45, 2.75) is 33.1 Å². The summed E-state index contributed by atoms with van der Waals surface area (Å²) in [6.07, 6.45) is 6.83. The lowest BCUT2D eigenvalue weighted by atomic mass is 9.82. The predicted molar refractivity (Wildman–Crippen MR) is 106 cm³/mol. The molecule has 25 heavy (non-hydrogen) atoms. The van der Waals surface area contributed by atoms with Crippen molar-refractivity contribution in [2.75, 3.05) is 0 Å². The molecule has 0 fully saturated rings. The Labute approximate surface area is 149 Å². The van der Waals surface area contributed by atoms with E-state index in [2.05, 4.69) is 41.4 Å². The number of benzene rings is 2. The van der Waals surface area contributed by atoms with Crippen molar-refractivity contribution in [1.82, 2.24) is 4.98 Å². The Morgan fingerprint density at radius 2 is 1.72 bits per heavy atom. The molecule has 0 saturated carbocycles. The maximum Gasteiger partial charge on any atom is 0.139 e. The van der Waals surface area contributed by atoms with Crippen LogP contribution in [0.5, 0.6) is 0 Å². The number of aromatic nitrogens is 1. The molecule has 0 spiro atoms. The molecule has 2 heteroatoms. The van der Waals surface area contributed by atoms with Crippen molar-refractivity contribution in [2.24, 2.45) is 5.41 Å². The van der Waals surface area contributed by atoms with Gasteiger partial charge in [0.25, 0.3) is 0 Å². The fraction of sp³-hybridized carbons (Fsp3) is 0.261. The summed E-state index contributed by atoms with van der Waals surface area (Å²) in [5.74, 6) is 0.337. The van der Waals surface area contributed by atoms with Gasteiger partial charge in [-0.2, -0.15) is 0 Å². The standard InChI is InChI=1S/C23H25NO/c1-23(2,3)22(25)15-18(14-13-17-9-5-4-6-10-17)20-16-24-21-12-8-7-11-19(20)21/h4-14,16,18,24H,15H2,1-3H3/b14-13+/t18-/m1/s1. The number of aromatic amines is 1. The molecular formula is C23H25NO. The highest BCUT2D eigenvalue weighted by atomic mass is 16.1. The highest BCUT2D eigenvalue weighted by Gasteiger charge is 2.25. The van der Waals surface area contributed by atoms with Crippen LogP contribution in [0.2, 0.25) is 0 Å². The molecule has 2 aromatic carbocycles. The fourth-order valence-electron chi connectivity index (χ4n) is 2.98. The normalized spacial score (nSPS) is 13.4. The number of hydrogen-bond acceptors (Lipinski definition) is 1. The molecule has 0 radical (unpaired) electrons. The Balaban J connectivity index is 1.97. The molecule has 0 amide bonds. The number of allylic oxidation sites excluding steroid dienone is 1. The second-order valence-corrected chi connectivity index (χ2v) is 7.54. The van der Waals surface area contributed by atoms with E-state index in [1.165, 1.54) is 10.9 Å². The van der Waals surface area contributed by atoms with Gasteiger partial charge in [0.15, 0.2) is 0 Å². The molecule has 0 aliphatic heterocycles. The van der Waals surface area contributed by atoms with Crippen LogP contribution in [0.4, 0.5) is 0 Å². The number of fused-ring (bicyclic) bond motifs is 1. The van der Waals surface area contributed by atoms with E-state index in [4.69, 9.17) is 0 Å². The van der Waals surface area contributed by atoms with Gasteiger partial charge in [-0.3, -0.25) is 4.79 Å². The molecule has 0 aliphatic rings. The molecule has 0 unspecified atom stereocenters. The van der Waals surface area contributed by atoms with Crippen molar-refractivity contribution in [3.05, 3.63) is 78.0 Å². The molecule has 1 atom stereocenters. The topological polar surface area (TPSA) is 32.9 Å². The molecule has 2 nitrogen and oxygen atoms in total. The summed E-state index contributed by atoms with van der Waals surface area (Å²) in [6, 6.07) is 18.5. The summed E-state index contributed by atoms with van der Waals surface area (Å²) in [5, 5.41) is 1.19. The van der Waals surface area contributed by atoms with E-state index in [9.17, 15) is 4.79 Å². The van der Waals surface area contributed by atoms with Gasteiger partial charge in [-0.1, -0.05) is 81.5 Å². The molecule has 0 aliphatic carbocycles. The van der Waals surface area contributed by atoms with Crippen LogP contribution in [-0.2, 0) is 4.79 Å². The molecule has 128 valence electrons. The molecule has 0 bridgehead atoms. The number of nitrogens with one attached hydrogen (secondary N) is 1. The summed E-state index contributed by atoms with van der Waals surface area (Å²) in [7, 11) is 0. The SMILES string of the molecule is CC(C)(C)C(=O)C[C@@H](/C=C/c1ccccc1)c1c[nH]c2ccccc12. The Bertz CT molecular complexity index is 881. The van der Waals surface area contributed by atoms with Gasteiger partial charge in [0, 0.05) is 34.9 Å². The van der Waals surface area contributed by atoms with E-state index in [1.54, 1.807) is 0 Å². The molecule has 3 aromatic rings. The minimum atomic E-state index is -0.328. The molecule has 1 aromatic heterocycles. The number of ketones is 1. The first-order valence-electron chi connectivity index (χ1n) is 8.78. The van der Waals surface area contributed by atoms with Crippen LogP contribution in [0.1, 0.15) is 44.2 Å². The van der Waals surface area contributed by atoms with Crippen molar-refractivity contribution >= 4 is 22.8 Å². The number of H-pyrrole nitrogens is 1. The van der Waals surface area contributed by atoms with Crippen LogP contribution in [0.15, 0.2) is 66.9 Å². The minimum absolute atomic E-state index is 0.0584. The summed E-state index contributed by atoms with van der Waals surface area (Å²) < 4.78 is 0. The van der Waals surface area contributed by atoms with E-state index in [0.29, 0.717) is 6.42 Å². The van der Waals surface area contributed by atoms with Gasteiger partial charge in [-0.05, 0) is 17.2 Å². The first kappa shape index (κ1) is 17.2. The smallest absolute Gasteiger partial charge is 0.139 e. The Morgan fingerprint density at radius 3 is 2.44 bits per heavy atom. The van der Waals surface area contributed by atoms with Gasteiger partial charge >= 0.3 is 0 Å². The fourth-order valence-corrected chi connectivity index (χ4v) is 2.98. The van der Waals surface area contributed by atoms with Crippen molar-refractivity contribution < 1.29 is 4.79 Å². The van der Waals surface area contributed by atoms with Crippen LogP contribution in [0, 0.1) is 5.41 Å². The Morgan fingerprint density at radius 1 is 1.04 bits per heavy atom. The lowest BCUT2D eigenvalue weighted by Crippen LogP contribution is -2.21. The van der Waals surface area contributed by atoms with Gasteiger partial charge < -0.3 is 4.98 Å². The number of hydrogen-bond donors (Lipinski definition) is 1. The molecular weight excluding hydrogens is 306 g/mol. The van der Waals surface area contributed by atoms with Crippen molar-refractivity contribution in [1.29, 1.82) is 0 Å². The molecule has 1 heterocycles. The van der Waals surface area contributed by atoms with Gasteiger partial charge in [-0.25, -0.2) is 0 Å². The van der Waals surface area contributed by atoms with Gasteiger partial charge in [0.05, 0.1) is 0 Å². The maximum atomic E-state index is 12.7. The summed E-state index contributed by atoms with van der Waals surface area (Å²) >= 11 is 0.